The van der Waals surface area contributed by atoms with E-state index < -0.39 is 12.1 Å². The number of benzene rings is 3. The molecule has 0 saturated heterocycles. The molecule has 0 bridgehead atoms. The Morgan fingerprint density at radius 2 is 1.38 bits per heavy atom. The molecule has 1 atom stereocenters. The zero-order valence-corrected chi connectivity index (χ0v) is 22.5. The highest BCUT2D eigenvalue weighted by Crippen LogP contribution is 2.32. The summed E-state index contributed by atoms with van der Waals surface area (Å²) in [6.07, 6.45) is 0.548. The lowest BCUT2D eigenvalue weighted by atomic mass is 10.00. The van der Waals surface area contributed by atoms with Crippen molar-refractivity contribution in [2.75, 3.05) is 28.4 Å². The van der Waals surface area contributed by atoms with Gasteiger partial charge in [0.1, 0.15) is 19.0 Å². The molecule has 0 fully saturated rings. The fourth-order valence-corrected chi connectivity index (χ4v) is 4.15. The van der Waals surface area contributed by atoms with Gasteiger partial charge in [0.15, 0.2) is 23.0 Å². The van der Waals surface area contributed by atoms with Gasteiger partial charge >= 0.3 is 5.97 Å². The second kappa shape index (κ2) is 12.4. The Morgan fingerprint density at radius 3 is 1.95 bits per heavy atom. The van der Waals surface area contributed by atoms with Crippen LogP contribution in [0.3, 0.4) is 0 Å². The second-order valence-corrected chi connectivity index (χ2v) is 8.69. The monoisotopic (exact) mass is 533 g/mol. The average Bonchev–Trinajstić information content (AvgIpc) is 2.97. The normalized spacial score (nSPS) is 11.5. The Labute approximate surface area is 226 Å². The molecule has 1 N–H and O–H groups in total. The van der Waals surface area contributed by atoms with Gasteiger partial charge < -0.3 is 33.5 Å². The molecule has 4 rings (SSSR count). The Morgan fingerprint density at radius 1 is 0.795 bits per heavy atom. The highest BCUT2D eigenvalue weighted by molar-refractivity contribution is 6.05. The van der Waals surface area contributed by atoms with Gasteiger partial charge in [0.05, 0.1) is 45.6 Å². The van der Waals surface area contributed by atoms with E-state index in [2.05, 4.69) is 4.98 Å². The number of rotatable bonds is 11. The molecule has 0 spiro atoms. The number of aromatic nitrogens is 1. The van der Waals surface area contributed by atoms with E-state index in [1.807, 2.05) is 18.2 Å². The van der Waals surface area contributed by atoms with Gasteiger partial charge in [-0.1, -0.05) is 12.1 Å². The lowest BCUT2D eigenvalue weighted by Gasteiger charge is -2.16. The zero-order valence-electron chi connectivity index (χ0n) is 22.5. The second-order valence-electron chi connectivity index (χ2n) is 8.69. The van der Waals surface area contributed by atoms with E-state index in [-0.39, 0.29) is 18.8 Å². The van der Waals surface area contributed by atoms with Gasteiger partial charge in [-0.15, -0.1) is 0 Å². The summed E-state index contributed by atoms with van der Waals surface area (Å²) in [5.74, 6) is 2.26. The van der Waals surface area contributed by atoms with E-state index in [9.17, 15) is 9.90 Å². The molecule has 0 radical (unpaired) electrons. The Bertz CT molecular complexity index is 1470. The first-order valence-corrected chi connectivity index (χ1v) is 12.2. The number of fused-ring (bicyclic) bond motifs is 1. The van der Waals surface area contributed by atoms with Gasteiger partial charge in [0.2, 0.25) is 0 Å². The molecule has 1 heterocycles. The molecule has 3 aromatic carbocycles. The topological polar surface area (TPSA) is 106 Å². The summed E-state index contributed by atoms with van der Waals surface area (Å²) >= 11 is 0. The average molecular weight is 534 g/mol. The van der Waals surface area contributed by atoms with Crippen LogP contribution < -0.4 is 23.7 Å². The summed E-state index contributed by atoms with van der Waals surface area (Å²) in [4.78, 5) is 17.8. The number of carbonyl (C=O) groups is 1. The van der Waals surface area contributed by atoms with Gasteiger partial charge in [-0.3, -0.25) is 4.98 Å². The van der Waals surface area contributed by atoms with Crippen LogP contribution in [0, 0.1) is 0 Å². The van der Waals surface area contributed by atoms with Crippen LogP contribution in [0.4, 0.5) is 0 Å². The fraction of sp³-hybridized carbons (Fsp3) is 0.267. The van der Waals surface area contributed by atoms with Crippen molar-refractivity contribution in [3.05, 3.63) is 83.0 Å². The fourth-order valence-electron chi connectivity index (χ4n) is 4.15. The summed E-state index contributed by atoms with van der Waals surface area (Å²) in [6.45, 7) is 1.83. The van der Waals surface area contributed by atoms with E-state index in [0.717, 1.165) is 11.1 Å². The summed E-state index contributed by atoms with van der Waals surface area (Å²) < 4.78 is 32.9. The number of nitrogens with zero attached hydrogens (tertiary/aromatic N) is 1. The highest BCUT2D eigenvalue weighted by Gasteiger charge is 2.21. The summed E-state index contributed by atoms with van der Waals surface area (Å²) in [5.41, 5.74) is 2.75. The van der Waals surface area contributed by atoms with Crippen molar-refractivity contribution in [1.82, 2.24) is 4.98 Å². The Balaban J connectivity index is 1.60. The van der Waals surface area contributed by atoms with Crippen molar-refractivity contribution >= 4 is 16.9 Å². The van der Waals surface area contributed by atoms with Crippen molar-refractivity contribution in [2.45, 2.75) is 26.2 Å². The number of aliphatic hydroxyl groups excluding tert-OH is 1. The van der Waals surface area contributed by atoms with Crippen LogP contribution in [0.15, 0.2) is 60.8 Å². The molecule has 4 aromatic rings. The van der Waals surface area contributed by atoms with Crippen LogP contribution in [0.25, 0.3) is 10.9 Å². The van der Waals surface area contributed by atoms with E-state index in [1.165, 1.54) is 13.3 Å². The molecule has 0 aliphatic rings. The van der Waals surface area contributed by atoms with Crippen molar-refractivity contribution < 1.29 is 38.3 Å². The van der Waals surface area contributed by atoms with Crippen LogP contribution in [0.5, 0.6) is 28.7 Å². The minimum Gasteiger partial charge on any atom is -0.493 e. The predicted octanol–water partition coefficient (Wildman–Crippen LogP) is 5.26. The van der Waals surface area contributed by atoms with Crippen molar-refractivity contribution in [1.29, 1.82) is 0 Å². The van der Waals surface area contributed by atoms with Gasteiger partial charge in [0.25, 0.3) is 0 Å². The molecule has 0 aliphatic heterocycles. The van der Waals surface area contributed by atoms with Crippen LogP contribution in [-0.4, -0.2) is 44.5 Å². The van der Waals surface area contributed by atoms with Crippen LogP contribution >= 0.6 is 0 Å². The minimum atomic E-state index is -0.943. The number of pyridine rings is 1. The largest absolute Gasteiger partial charge is 0.493 e. The van der Waals surface area contributed by atoms with Gasteiger partial charge in [-0.2, -0.15) is 0 Å². The third-order valence-corrected chi connectivity index (χ3v) is 6.19. The maximum absolute atomic E-state index is 13.4. The molecule has 9 heteroatoms. The summed E-state index contributed by atoms with van der Waals surface area (Å²) in [5, 5.41) is 10.9. The smallest absolute Gasteiger partial charge is 0.339 e. The van der Waals surface area contributed by atoms with Crippen molar-refractivity contribution in [3.63, 3.8) is 0 Å². The first-order chi connectivity index (χ1) is 18.9. The molecule has 0 unspecified atom stereocenters. The van der Waals surface area contributed by atoms with Crippen LogP contribution in [0.2, 0.25) is 0 Å². The van der Waals surface area contributed by atoms with Crippen molar-refractivity contribution in [2.24, 2.45) is 0 Å². The third-order valence-electron chi connectivity index (χ3n) is 6.19. The molecule has 0 saturated carbocycles. The number of methoxy groups -OCH3 is 4. The van der Waals surface area contributed by atoms with Gasteiger partial charge in [0, 0.05) is 17.1 Å². The molecular weight excluding hydrogens is 502 g/mol. The Hall–Kier alpha value is -4.50. The molecular formula is C30H31NO8. The lowest BCUT2D eigenvalue weighted by Crippen LogP contribution is -2.12. The first-order valence-electron chi connectivity index (χ1n) is 12.2. The SMILES string of the molecule is COc1ccc(COC(=O)c2c([C@H](C)O)cnc3ccc(OCc4ccc(OC)c(OC)c4)cc23)cc1OC. The number of esters is 1. The van der Waals surface area contributed by atoms with Gasteiger partial charge in [-0.25, -0.2) is 4.79 Å². The molecule has 204 valence electrons. The Kier molecular flexibility index (Phi) is 8.73. The predicted molar refractivity (Wildman–Crippen MR) is 145 cm³/mol. The number of hydrogen-bond acceptors (Lipinski definition) is 9. The molecule has 0 amide bonds. The van der Waals surface area contributed by atoms with E-state index >= 15 is 0 Å². The number of carbonyl (C=O) groups excluding carboxylic acids is 1. The number of aliphatic hydroxyl groups is 1. The van der Waals surface area contributed by atoms with Crippen LogP contribution in [0.1, 0.15) is 40.1 Å². The molecule has 0 aliphatic carbocycles. The summed E-state index contributed by atoms with van der Waals surface area (Å²) in [6, 6.07) is 16.1. The van der Waals surface area contributed by atoms with Gasteiger partial charge in [-0.05, 0) is 60.5 Å². The van der Waals surface area contributed by atoms with E-state index in [0.29, 0.717) is 45.2 Å². The maximum Gasteiger partial charge on any atom is 0.339 e. The zero-order chi connectivity index (χ0) is 27.9. The highest BCUT2D eigenvalue weighted by atomic mass is 16.5. The maximum atomic E-state index is 13.4. The molecule has 1 aromatic heterocycles. The first kappa shape index (κ1) is 27.5. The minimum absolute atomic E-state index is 0.00224. The van der Waals surface area contributed by atoms with E-state index in [4.69, 9.17) is 28.4 Å². The molecule has 9 nitrogen and oxygen atoms in total. The number of ether oxygens (including phenoxy) is 6. The molecule has 39 heavy (non-hydrogen) atoms. The summed E-state index contributed by atoms with van der Waals surface area (Å²) in [7, 11) is 6.24. The third kappa shape index (κ3) is 6.15. The quantitative estimate of drug-likeness (QED) is 0.259. The number of hydrogen-bond donors (Lipinski definition) is 1. The van der Waals surface area contributed by atoms with E-state index in [1.54, 1.807) is 64.7 Å². The van der Waals surface area contributed by atoms with Crippen LogP contribution in [-0.2, 0) is 18.0 Å². The van der Waals surface area contributed by atoms with Crippen molar-refractivity contribution in [3.8, 4) is 28.7 Å². The standard InChI is InChI=1S/C30H31NO8/c1-18(32)23-15-31-24-9-8-21(38-16-19-6-10-25(34-2)27(12-19)36-4)14-22(24)29(23)30(33)39-17-20-7-11-26(35-3)28(13-20)37-5/h6-15,18,32H,16-17H2,1-5H3/t18-/m0/s1. The lowest BCUT2D eigenvalue weighted by molar-refractivity contribution is 0.0468.